The highest BCUT2D eigenvalue weighted by Gasteiger charge is 2.34. The lowest BCUT2D eigenvalue weighted by Gasteiger charge is -2.36. The van der Waals surface area contributed by atoms with E-state index in [1.54, 1.807) is 0 Å². The molecule has 0 aromatic heterocycles. The lowest BCUT2D eigenvalue weighted by atomic mass is 10.0. The minimum Gasteiger partial charge on any atom is -0.394 e. The van der Waals surface area contributed by atoms with E-state index >= 15 is 0 Å². The number of carbonyl (C=O) groups is 1. The van der Waals surface area contributed by atoms with Crippen molar-refractivity contribution in [2.45, 2.75) is 50.7 Å². The first kappa shape index (κ1) is 10.9. The molecule has 1 saturated heterocycles. The molecule has 2 atom stereocenters. The van der Waals surface area contributed by atoms with Crippen LogP contribution < -0.4 is 5.32 Å². The molecule has 1 aliphatic heterocycles. The molecule has 1 saturated carbocycles. The van der Waals surface area contributed by atoms with Gasteiger partial charge in [-0.25, -0.2) is 0 Å². The van der Waals surface area contributed by atoms with Crippen LogP contribution >= 0.6 is 0 Å². The van der Waals surface area contributed by atoms with Gasteiger partial charge in [-0.2, -0.15) is 0 Å². The van der Waals surface area contributed by atoms with Crippen molar-refractivity contribution >= 4 is 5.91 Å². The third kappa shape index (κ3) is 2.49. The Kier molecular flexibility index (Phi) is 3.26. The summed E-state index contributed by atoms with van der Waals surface area (Å²) in [5.74, 6) is 0.176. The van der Waals surface area contributed by atoms with Gasteiger partial charge in [-0.15, -0.1) is 0 Å². The fraction of sp³-hybridized carbons (Fsp3) is 0.909. The van der Waals surface area contributed by atoms with E-state index in [0.717, 1.165) is 19.4 Å². The monoisotopic (exact) mass is 212 g/mol. The Bertz CT molecular complexity index is 241. The average Bonchev–Trinajstić information content (AvgIpc) is 3.04. The summed E-state index contributed by atoms with van der Waals surface area (Å²) in [6.45, 7) is 2.75. The highest BCUT2D eigenvalue weighted by Crippen LogP contribution is 2.23. The predicted molar refractivity (Wildman–Crippen MR) is 57.4 cm³/mol. The molecule has 1 aliphatic carbocycles. The topological polar surface area (TPSA) is 52.6 Å². The number of nitrogens with one attached hydrogen (secondary N) is 1. The molecule has 0 radical (unpaired) electrons. The Morgan fingerprint density at radius 3 is 2.87 bits per heavy atom. The second-order valence-electron chi connectivity index (χ2n) is 4.70. The minimum atomic E-state index is -0.0405. The van der Waals surface area contributed by atoms with E-state index in [2.05, 4.69) is 5.32 Å². The fourth-order valence-corrected chi connectivity index (χ4v) is 2.12. The number of rotatable bonds is 4. The second-order valence-corrected chi connectivity index (χ2v) is 4.70. The van der Waals surface area contributed by atoms with Gasteiger partial charge in [0, 0.05) is 12.6 Å². The predicted octanol–water partition coefficient (Wildman–Crippen LogP) is 0.110. The largest absolute Gasteiger partial charge is 0.394 e. The molecule has 1 amide bonds. The van der Waals surface area contributed by atoms with Gasteiger partial charge in [0.25, 0.3) is 0 Å². The Morgan fingerprint density at radius 2 is 2.27 bits per heavy atom. The Morgan fingerprint density at radius 1 is 1.53 bits per heavy atom. The van der Waals surface area contributed by atoms with Gasteiger partial charge in [0.05, 0.1) is 18.7 Å². The van der Waals surface area contributed by atoms with Gasteiger partial charge in [-0.1, -0.05) is 0 Å². The third-order valence-electron chi connectivity index (χ3n) is 3.28. The molecular formula is C11H20N2O2. The molecule has 2 N–H and O–H groups in total. The first-order valence-corrected chi connectivity index (χ1v) is 5.89. The quantitative estimate of drug-likeness (QED) is 0.695. The van der Waals surface area contributed by atoms with Crippen LogP contribution in [0.4, 0.5) is 0 Å². The van der Waals surface area contributed by atoms with Crippen LogP contribution in [-0.2, 0) is 4.79 Å². The lowest BCUT2D eigenvalue weighted by molar-refractivity contribution is -0.139. The zero-order valence-corrected chi connectivity index (χ0v) is 9.28. The molecule has 2 unspecified atom stereocenters. The van der Waals surface area contributed by atoms with Crippen LogP contribution in [-0.4, -0.2) is 47.2 Å². The first-order valence-electron chi connectivity index (χ1n) is 5.89. The lowest BCUT2D eigenvalue weighted by Crippen LogP contribution is -2.54. The van der Waals surface area contributed by atoms with Crippen molar-refractivity contribution in [3.63, 3.8) is 0 Å². The van der Waals surface area contributed by atoms with Crippen LogP contribution in [0.3, 0.4) is 0 Å². The fourth-order valence-electron chi connectivity index (χ4n) is 2.12. The summed E-state index contributed by atoms with van der Waals surface area (Å²) >= 11 is 0. The van der Waals surface area contributed by atoms with E-state index in [1.165, 1.54) is 12.8 Å². The van der Waals surface area contributed by atoms with Gasteiger partial charge < -0.3 is 15.3 Å². The number of likely N-dealkylation sites (tertiary alicyclic amines) is 1. The number of aliphatic hydroxyl groups excluding tert-OH is 1. The molecule has 2 fully saturated rings. The van der Waals surface area contributed by atoms with E-state index < -0.39 is 0 Å². The number of nitrogens with zero attached hydrogens (tertiary/aromatic N) is 1. The molecule has 0 bridgehead atoms. The van der Waals surface area contributed by atoms with E-state index in [-0.39, 0.29) is 24.6 Å². The number of hydrogen-bond donors (Lipinski definition) is 2. The molecule has 0 spiro atoms. The van der Waals surface area contributed by atoms with Crippen molar-refractivity contribution in [1.82, 2.24) is 10.2 Å². The summed E-state index contributed by atoms with van der Waals surface area (Å²) in [5.41, 5.74) is 0. The molecular weight excluding hydrogens is 192 g/mol. The maximum Gasteiger partial charge on any atom is 0.240 e. The Labute approximate surface area is 90.6 Å². The van der Waals surface area contributed by atoms with Gasteiger partial charge >= 0.3 is 0 Å². The summed E-state index contributed by atoms with van der Waals surface area (Å²) in [7, 11) is 0. The zero-order valence-electron chi connectivity index (χ0n) is 9.28. The van der Waals surface area contributed by atoms with Crippen molar-refractivity contribution < 1.29 is 9.90 Å². The van der Waals surface area contributed by atoms with Crippen LogP contribution in [0, 0.1) is 0 Å². The van der Waals surface area contributed by atoms with Crippen molar-refractivity contribution in [1.29, 1.82) is 0 Å². The van der Waals surface area contributed by atoms with Gasteiger partial charge in [-0.05, 0) is 32.6 Å². The summed E-state index contributed by atoms with van der Waals surface area (Å²) in [4.78, 5) is 13.9. The standard InChI is InChI=1S/C11H20N2O2/c1-8(7-14)13-6-2-3-10(11(13)15)12-9-4-5-9/h8-10,12,14H,2-7H2,1H3. The molecule has 4 nitrogen and oxygen atoms in total. The number of aliphatic hydroxyl groups is 1. The number of hydrogen-bond acceptors (Lipinski definition) is 3. The number of carbonyl (C=O) groups excluding carboxylic acids is 1. The van der Waals surface area contributed by atoms with Gasteiger partial charge in [-0.3, -0.25) is 4.79 Å². The molecule has 0 aromatic rings. The van der Waals surface area contributed by atoms with Crippen LogP contribution in [0.25, 0.3) is 0 Å². The molecule has 4 heteroatoms. The molecule has 2 rings (SSSR count). The molecule has 15 heavy (non-hydrogen) atoms. The first-order chi connectivity index (χ1) is 7.22. The maximum atomic E-state index is 12.0. The smallest absolute Gasteiger partial charge is 0.240 e. The SMILES string of the molecule is CC(CO)N1CCCC(NC2CC2)C1=O. The third-order valence-corrected chi connectivity index (χ3v) is 3.28. The van der Waals surface area contributed by atoms with Crippen LogP contribution in [0.5, 0.6) is 0 Å². The Balaban J connectivity index is 1.92. The summed E-state index contributed by atoms with van der Waals surface area (Å²) in [5, 5.41) is 12.4. The van der Waals surface area contributed by atoms with Crippen LogP contribution in [0.15, 0.2) is 0 Å². The van der Waals surface area contributed by atoms with Crippen LogP contribution in [0.1, 0.15) is 32.6 Å². The molecule has 86 valence electrons. The molecule has 0 aromatic carbocycles. The average molecular weight is 212 g/mol. The summed E-state index contributed by atoms with van der Waals surface area (Å²) < 4.78 is 0. The number of piperidine rings is 1. The van der Waals surface area contributed by atoms with Crippen molar-refractivity contribution in [3.8, 4) is 0 Å². The van der Waals surface area contributed by atoms with Gasteiger partial charge in [0.1, 0.15) is 0 Å². The number of amides is 1. The van der Waals surface area contributed by atoms with E-state index in [9.17, 15) is 4.79 Å². The summed E-state index contributed by atoms with van der Waals surface area (Å²) in [6, 6.07) is 0.532. The second kappa shape index (κ2) is 4.49. The van der Waals surface area contributed by atoms with E-state index in [4.69, 9.17) is 5.11 Å². The van der Waals surface area contributed by atoms with E-state index in [0.29, 0.717) is 6.04 Å². The van der Waals surface area contributed by atoms with Crippen LogP contribution in [0.2, 0.25) is 0 Å². The molecule has 2 aliphatic rings. The van der Waals surface area contributed by atoms with Crippen molar-refractivity contribution in [3.05, 3.63) is 0 Å². The summed E-state index contributed by atoms with van der Waals surface area (Å²) in [6.07, 6.45) is 4.41. The van der Waals surface area contributed by atoms with E-state index in [1.807, 2.05) is 11.8 Å². The minimum absolute atomic E-state index is 0.000231. The zero-order chi connectivity index (χ0) is 10.8. The highest BCUT2D eigenvalue weighted by molar-refractivity contribution is 5.83. The maximum absolute atomic E-state index is 12.0. The van der Waals surface area contributed by atoms with Gasteiger partial charge in [0.15, 0.2) is 0 Å². The highest BCUT2D eigenvalue weighted by atomic mass is 16.3. The van der Waals surface area contributed by atoms with Crippen molar-refractivity contribution in [2.75, 3.05) is 13.2 Å². The normalized spacial score (nSPS) is 29.3. The van der Waals surface area contributed by atoms with Gasteiger partial charge in [0.2, 0.25) is 5.91 Å². The molecule has 1 heterocycles. The van der Waals surface area contributed by atoms with Crippen molar-refractivity contribution in [2.24, 2.45) is 0 Å². The Hall–Kier alpha value is -0.610.